The molecule has 0 aliphatic carbocycles. The molecule has 130 valence electrons. The number of rotatable bonds is 5. The third-order valence-corrected chi connectivity index (χ3v) is 4.05. The van der Waals surface area contributed by atoms with E-state index in [2.05, 4.69) is 32.1 Å². The van der Waals surface area contributed by atoms with Gasteiger partial charge in [-0.2, -0.15) is 5.10 Å². The van der Waals surface area contributed by atoms with Crippen LogP contribution in [0, 0.1) is 6.92 Å². The SMILES string of the molecule is CNCc1ccccc1CNC(=O)Nc1cnc2c(c1)c(C)nn2C. The number of amides is 2. The molecule has 2 amide bonds. The standard InChI is InChI=1S/C18H22N6O/c1-12-16-8-15(11-20-17(16)24(3)23-12)22-18(25)21-10-14-7-5-4-6-13(14)9-19-2/h4-8,11,19H,9-10H2,1-3H3,(H2,21,22,25). The lowest BCUT2D eigenvalue weighted by atomic mass is 10.1. The van der Waals surface area contributed by atoms with Crippen LogP contribution < -0.4 is 16.0 Å². The number of carbonyl (C=O) groups is 1. The lowest BCUT2D eigenvalue weighted by Crippen LogP contribution is -2.28. The monoisotopic (exact) mass is 338 g/mol. The molecule has 0 unspecified atom stereocenters. The molecule has 0 atom stereocenters. The summed E-state index contributed by atoms with van der Waals surface area (Å²) in [5.74, 6) is 0. The van der Waals surface area contributed by atoms with Crippen LogP contribution in [0.5, 0.6) is 0 Å². The van der Waals surface area contributed by atoms with Crippen molar-refractivity contribution in [2.24, 2.45) is 7.05 Å². The van der Waals surface area contributed by atoms with E-state index in [1.54, 1.807) is 10.9 Å². The van der Waals surface area contributed by atoms with Crippen LogP contribution >= 0.6 is 0 Å². The number of fused-ring (bicyclic) bond motifs is 1. The Kier molecular flexibility index (Phi) is 4.95. The van der Waals surface area contributed by atoms with Gasteiger partial charge in [0.15, 0.2) is 5.65 Å². The van der Waals surface area contributed by atoms with E-state index < -0.39 is 0 Å². The Bertz CT molecular complexity index is 902. The Morgan fingerprint density at radius 2 is 1.92 bits per heavy atom. The van der Waals surface area contributed by atoms with E-state index in [0.717, 1.165) is 28.8 Å². The normalized spacial score (nSPS) is 10.8. The molecule has 25 heavy (non-hydrogen) atoms. The Hall–Kier alpha value is -2.93. The molecule has 0 saturated carbocycles. The molecule has 7 heteroatoms. The molecular formula is C18H22N6O. The van der Waals surface area contributed by atoms with Gasteiger partial charge in [0, 0.05) is 25.5 Å². The number of nitrogens with zero attached hydrogens (tertiary/aromatic N) is 3. The average molecular weight is 338 g/mol. The molecule has 0 saturated heterocycles. The van der Waals surface area contributed by atoms with Gasteiger partial charge in [0.25, 0.3) is 0 Å². The number of aromatic nitrogens is 3. The van der Waals surface area contributed by atoms with E-state index in [1.165, 1.54) is 5.56 Å². The van der Waals surface area contributed by atoms with Crippen LogP contribution in [0.4, 0.5) is 10.5 Å². The Morgan fingerprint density at radius 3 is 2.64 bits per heavy atom. The number of carbonyl (C=O) groups excluding carboxylic acids is 1. The number of aryl methyl sites for hydroxylation is 2. The summed E-state index contributed by atoms with van der Waals surface area (Å²) in [6.07, 6.45) is 1.64. The third kappa shape index (κ3) is 3.77. The molecule has 2 heterocycles. The van der Waals surface area contributed by atoms with E-state index >= 15 is 0 Å². The largest absolute Gasteiger partial charge is 0.334 e. The van der Waals surface area contributed by atoms with Crippen molar-refractivity contribution in [2.75, 3.05) is 12.4 Å². The molecule has 0 aliphatic heterocycles. The number of pyridine rings is 1. The lowest BCUT2D eigenvalue weighted by molar-refractivity contribution is 0.251. The van der Waals surface area contributed by atoms with Crippen molar-refractivity contribution in [1.82, 2.24) is 25.4 Å². The summed E-state index contributed by atoms with van der Waals surface area (Å²) in [5, 5.41) is 14.1. The number of benzene rings is 1. The van der Waals surface area contributed by atoms with Gasteiger partial charge in [-0.15, -0.1) is 0 Å². The first-order chi connectivity index (χ1) is 12.1. The molecule has 0 fully saturated rings. The number of urea groups is 1. The quantitative estimate of drug-likeness (QED) is 0.667. The van der Waals surface area contributed by atoms with E-state index in [4.69, 9.17) is 0 Å². The summed E-state index contributed by atoms with van der Waals surface area (Å²) in [6.45, 7) is 3.15. The van der Waals surface area contributed by atoms with Crippen LogP contribution in [0.1, 0.15) is 16.8 Å². The maximum atomic E-state index is 12.2. The first kappa shape index (κ1) is 16.9. The second kappa shape index (κ2) is 7.31. The predicted molar refractivity (Wildman–Crippen MR) is 98.3 cm³/mol. The van der Waals surface area contributed by atoms with Gasteiger partial charge >= 0.3 is 6.03 Å². The molecule has 0 spiro atoms. The van der Waals surface area contributed by atoms with Gasteiger partial charge in [-0.25, -0.2) is 9.78 Å². The highest BCUT2D eigenvalue weighted by atomic mass is 16.2. The maximum Gasteiger partial charge on any atom is 0.319 e. The maximum absolute atomic E-state index is 12.2. The number of hydrogen-bond donors (Lipinski definition) is 3. The van der Waals surface area contributed by atoms with Gasteiger partial charge in [0.1, 0.15) is 0 Å². The van der Waals surface area contributed by atoms with Gasteiger partial charge in [0.05, 0.1) is 17.6 Å². The van der Waals surface area contributed by atoms with E-state index in [0.29, 0.717) is 12.2 Å². The molecule has 0 radical (unpaired) electrons. The summed E-state index contributed by atoms with van der Waals surface area (Å²) in [7, 11) is 3.76. The van der Waals surface area contributed by atoms with E-state index in [9.17, 15) is 4.79 Å². The minimum atomic E-state index is -0.262. The highest BCUT2D eigenvalue weighted by Crippen LogP contribution is 2.19. The smallest absolute Gasteiger partial charge is 0.319 e. The van der Waals surface area contributed by atoms with Gasteiger partial charge in [0.2, 0.25) is 0 Å². The molecule has 2 aromatic heterocycles. The van der Waals surface area contributed by atoms with Crippen molar-refractivity contribution >= 4 is 22.8 Å². The van der Waals surface area contributed by atoms with Gasteiger partial charge in [-0.3, -0.25) is 4.68 Å². The van der Waals surface area contributed by atoms with Crippen LogP contribution in [-0.2, 0) is 20.1 Å². The molecule has 0 bridgehead atoms. The lowest BCUT2D eigenvalue weighted by Gasteiger charge is -2.11. The number of nitrogens with one attached hydrogen (secondary N) is 3. The Morgan fingerprint density at radius 1 is 1.20 bits per heavy atom. The van der Waals surface area contributed by atoms with Crippen LogP contribution in [0.15, 0.2) is 36.5 Å². The average Bonchev–Trinajstić information content (AvgIpc) is 2.88. The van der Waals surface area contributed by atoms with Crippen LogP contribution in [-0.4, -0.2) is 27.8 Å². The molecular weight excluding hydrogens is 316 g/mol. The molecule has 1 aromatic carbocycles. The third-order valence-electron chi connectivity index (χ3n) is 4.05. The summed E-state index contributed by atoms with van der Waals surface area (Å²) >= 11 is 0. The highest BCUT2D eigenvalue weighted by Gasteiger charge is 2.09. The molecule has 7 nitrogen and oxygen atoms in total. The van der Waals surface area contributed by atoms with Crippen molar-refractivity contribution < 1.29 is 4.79 Å². The summed E-state index contributed by atoms with van der Waals surface area (Å²) < 4.78 is 1.73. The minimum absolute atomic E-state index is 0.262. The summed E-state index contributed by atoms with van der Waals surface area (Å²) in [4.78, 5) is 16.6. The molecule has 3 N–H and O–H groups in total. The van der Waals surface area contributed by atoms with Crippen molar-refractivity contribution in [2.45, 2.75) is 20.0 Å². The Balaban J connectivity index is 1.66. The molecule has 0 aliphatic rings. The minimum Gasteiger partial charge on any atom is -0.334 e. The second-order valence-electron chi connectivity index (χ2n) is 5.91. The molecule has 3 aromatic rings. The van der Waals surface area contributed by atoms with Crippen molar-refractivity contribution in [3.63, 3.8) is 0 Å². The van der Waals surface area contributed by atoms with Crippen LogP contribution in [0.3, 0.4) is 0 Å². The fourth-order valence-electron chi connectivity index (χ4n) is 2.82. The highest BCUT2D eigenvalue weighted by molar-refractivity contribution is 5.92. The second-order valence-corrected chi connectivity index (χ2v) is 5.91. The zero-order valence-electron chi connectivity index (χ0n) is 14.6. The Labute approximate surface area is 146 Å². The predicted octanol–water partition coefficient (Wildman–Crippen LogP) is 2.32. The van der Waals surface area contributed by atoms with Gasteiger partial charge in [-0.05, 0) is 31.2 Å². The van der Waals surface area contributed by atoms with Crippen molar-refractivity contribution in [3.05, 3.63) is 53.3 Å². The first-order valence-corrected chi connectivity index (χ1v) is 8.14. The van der Waals surface area contributed by atoms with Crippen LogP contribution in [0.25, 0.3) is 11.0 Å². The van der Waals surface area contributed by atoms with Gasteiger partial charge in [-0.1, -0.05) is 24.3 Å². The van der Waals surface area contributed by atoms with E-state index in [1.807, 2.05) is 45.3 Å². The summed E-state index contributed by atoms with van der Waals surface area (Å²) in [5.41, 5.74) is 4.58. The topological polar surface area (TPSA) is 83.9 Å². The summed E-state index contributed by atoms with van der Waals surface area (Å²) in [6, 6.07) is 9.65. The first-order valence-electron chi connectivity index (χ1n) is 8.14. The van der Waals surface area contributed by atoms with Gasteiger partial charge < -0.3 is 16.0 Å². The molecule has 3 rings (SSSR count). The number of anilines is 1. The van der Waals surface area contributed by atoms with Crippen molar-refractivity contribution in [3.8, 4) is 0 Å². The zero-order valence-corrected chi connectivity index (χ0v) is 14.6. The zero-order chi connectivity index (χ0) is 17.8. The fraction of sp³-hybridized carbons (Fsp3) is 0.278. The number of hydrogen-bond acceptors (Lipinski definition) is 4. The fourth-order valence-corrected chi connectivity index (χ4v) is 2.82. The van der Waals surface area contributed by atoms with E-state index in [-0.39, 0.29) is 6.03 Å². The van der Waals surface area contributed by atoms with Crippen LogP contribution in [0.2, 0.25) is 0 Å². The van der Waals surface area contributed by atoms with Crippen molar-refractivity contribution in [1.29, 1.82) is 0 Å².